The lowest BCUT2D eigenvalue weighted by Gasteiger charge is -2.23. The molecule has 0 spiro atoms. The topological polar surface area (TPSA) is 62.6 Å². The summed E-state index contributed by atoms with van der Waals surface area (Å²) in [6, 6.07) is 7.17. The molecular formula is C16H16N2O3. The third kappa shape index (κ3) is 2.14. The smallest absolute Gasteiger partial charge is 0.251 e. The summed E-state index contributed by atoms with van der Waals surface area (Å²) in [5, 5.41) is 3.91. The van der Waals surface area contributed by atoms with Crippen LogP contribution in [0.25, 0.3) is 11.0 Å². The van der Waals surface area contributed by atoms with Crippen molar-refractivity contribution in [3.63, 3.8) is 0 Å². The molecule has 0 saturated carbocycles. The van der Waals surface area contributed by atoms with Crippen molar-refractivity contribution in [1.29, 1.82) is 0 Å². The van der Waals surface area contributed by atoms with Crippen LogP contribution < -0.4 is 5.32 Å². The zero-order valence-corrected chi connectivity index (χ0v) is 11.5. The molecule has 1 amide bonds. The number of benzene rings is 1. The molecule has 0 radical (unpaired) electrons. The Morgan fingerprint density at radius 3 is 2.95 bits per heavy atom. The molecule has 1 aromatic heterocycles. The van der Waals surface area contributed by atoms with Crippen molar-refractivity contribution >= 4 is 23.2 Å². The molecule has 108 valence electrons. The highest BCUT2D eigenvalue weighted by Crippen LogP contribution is 2.28. The number of carbonyl (C=O) groups excluding carboxylic acids is 2. The van der Waals surface area contributed by atoms with Crippen molar-refractivity contribution in [3.8, 4) is 0 Å². The summed E-state index contributed by atoms with van der Waals surface area (Å²) in [4.78, 5) is 25.5. The summed E-state index contributed by atoms with van der Waals surface area (Å²) in [5.41, 5.74) is 1.23. The van der Waals surface area contributed by atoms with Crippen LogP contribution in [0.1, 0.15) is 27.3 Å². The molecule has 5 heteroatoms. The van der Waals surface area contributed by atoms with Crippen molar-refractivity contribution in [2.45, 2.75) is 12.5 Å². The molecule has 2 aliphatic rings. The van der Waals surface area contributed by atoms with Crippen LogP contribution in [-0.2, 0) is 0 Å². The third-order valence-electron chi connectivity index (χ3n) is 4.56. The number of nitrogens with one attached hydrogen (secondary N) is 1. The van der Waals surface area contributed by atoms with Gasteiger partial charge in [0.1, 0.15) is 5.58 Å². The van der Waals surface area contributed by atoms with Gasteiger partial charge in [0.25, 0.3) is 5.91 Å². The molecule has 3 heterocycles. The largest absolute Gasteiger partial charge is 0.453 e. The number of piperidine rings is 1. The van der Waals surface area contributed by atoms with Gasteiger partial charge in [0.15, 0.2) is 12.0 Å². The van der Waals surface area contributed by atoms with Gasteiger partial charge in [-0.3, -0.25) is 9.59 Å². The van der Waals surface area contributed by atoms with Crippen LogP contribution >= 0.6 is 0 Å². The summed E-state index contributed by atoms with van der Waals surface area (Å²) in [7, 11) is 0. The van der Waals surface area contributed by atoms with Crippen molar-refractivity contribution in [3.05, 3.63) is 35.6 Å². The van der Waals surface area contributed by atoms with E-state index in [0.29, 0.717) is 23.4 Å². The SMILES string of the molecule is O=Cc1cc2cc(C(=O)NC3CN4CC[C@H]3C4)ccc2o1. The Bertz CT molecular complexity index is 721. The van der Waals surface area contributed by atoms with Crippen LogP contribution in [0.3, 0.4) is 0 Å². The first kappa shape index (κ1) is 12.6. The lowest BCUT2D eigenvalue weighted by atomic mass is 9.99. The summed E-state index contributed by atoms with van der Waals surface area (Å²) in [5.74, 6) is 0.821. The number of carbonyl (C=O) groups is 2. The average molecular weight is 284 g/mol. The Labute approximate surface area is 121 Å². The Hall–Kier alpha value is -2.14. The first-order chi connectivity index (χ1) is 10.2. The van der Waals surface area contributed by atoms with Crippen molar-refractivity contribution in [1.82, 2.24) is 10.2 Å². The van der Waals surface area contributed by atoms with Crippen LogP contribution in [0.5, 0.6) is 0 Å². The fraction of sp³-hybridized carbons (Fsp3) is 0.375. The van der Waals surface area contributed by atoms with Gasteiger partial charge in [0.2, 0.25) is 0 Å². The Morgan fingerprint density at radius 2 is 2.24 bits per heavy atom. The zero-order chi connectivity index (χ0) is 14.4. The Morgan fingerprint density at radius 1 is 1.33 bits per heavy atom. The van der Waals surface area contributed by atoms with Crippen LogP contribution in [0.4, 0.5) is 0 Å². The van der Waals surface area contributed by atoms with E-state index in [1.165, 1.54) is 6.42 Å². The molecule has 4 rings (SSSR count). The minimum Gasteiger partial charge on any atom is -0.453 e. The Balaban J connectivity index is 1.54. The second-order valence-corrected chi connectivity index (χ2v) is 5.91. The van der Waals surface area contributed by atoms with Gasteiger partial charge in [-0.2, -0.15) is 0 Å². The van der Waals surface area contributed by atoms with E-state index in [-0.39, 0.29) is 17.7 Å². The molecular weight excluding hydrogens is 268 g/mol. The molecule has 1 N–H and O–H groups in total. The van der Waals surface area contributed by atoms with Gasteiger partial charge in [-0.25, -0.2) is 0 Å². The van der Waals surface area contributed by atoms with E-state index in [1.807, 2.05) is 0 Å². The van der Waals surface area contributed by atoms with E-state index in [0.717, 1.165) is 25.0 Å². The molecule has 0 aliphatic carbocycles. The maximum Gasteiger partial charge on any atom is 0.251 e. The van der Waals surface area contributed by atoms with Gasteiger partial charge in [-0.15, -0.1) is 0 Å². The van der Waals surface area contributed by atoms with E-state index in [4.69, 9.17) is 4.42 Å². The molecule has 2 saturated heterocycles. The third-order valence-corrected chi connectivity index (χ3v) is 4.56. The molecule has 2 aromatic rings. The maximum atomic E-state index is 12.4. The average Bonchev–Trinajstić information content (AvgIpc) is 3.20. The second-order valence-electron chi connectivity index (χ2n) is 5.91. The zero-order valence-electron chi connectivity index (χ0n) is 11.5. The first-order valence-corrected chi connectivity index (χ1v) is 7.25. The number of nitrogens with zero attached hydrogens (tertiary/aromatic N) is 1. The molecule has 21 heavy (non-hydrogen) atoms. The van der Waals surface area contributed by atoms with Gasteiger partial charge in [0, 0.05) is 30.1 Å². The standard InChI is InChI=1S/C16H16N2O3/c19-9-13-6-12-5-10(1-2-15(12)21-13)16(20)17-14-8-18-4-3-11(14)7-18/h1-2,5-6,9,11,14H,3-4,7-8H2,(H,17,20)/t11-,14?/m0/s1. The minimum atomic E-state index is -0.0514. The summed E-state index contributed by atoms with van der Waals surface area (Å²) in [6.45, 7) is 3.22. The van der Waals surface area contributed by atoms with E-state index in [2.05, 4.69) is 10.2 Å². The van der Waals surface area contributed by atoms with Gasteiger partial charge in [-0.05, 0) is 43.1 Å². The second kappa shape index (κ2) is 4.70. The lowest BCUT2D eigenvalue weighted by molar-refractivity contribution is 0.0924. The minimum absolute atomic E-state index is 0.0514. The van der Waals surface area contributed by atoms with Crippen molar-refractivity contribution in [2.24, 2.45) is 5.92 Å². The predicted octanol–water partition coefficient (Wildman–Crippen LogP) is 1.68. The number of aldehydes is 1. The highest BCUT2D eigenvalue weighted by Gasteiger charge is 2.38. The van der Waals surface area contributed by atoms with Gasteiger partial charge >= 0.3 is 0 Å². The van der Waals surface area contributed by atoms with Crippen LogP contribution in [0.2, 0.25) is 0 Å². The number of rotatable bonds is 3. The highest BCUT2D eigenvalue weighted by molar-refractivity contribution is 5.98. The first-order valence-electron chi connectivity index (χ1n) is 7.25. The van der Waals surface area contributed by atoms with Gasteiger partial charge in [0.05, 0.1) is 0 Å². The van der Waals surface area contributed by atoms with E-state index >= 15 is 0 Å². The summed E-state index contributed by atoms with van der Waals surface area (Å²) in [6.07, 6.45) is 1.85. The number of hydrogen-bond donors (Lipinski definition) is 1. The fourth-order valence-corrected chi connectivity index (χ4v) is 3.46. The molecule has 5 nitrogen and oxygen atoms in total. The Kier molecular flexibility index (Phi) is 2.82. The molecule has 2 unspecified atom stereocenters. The summed E-state index contributed by atoms with van der Waals surface area (Å²) < 4.78 is 5.32. The van der Waals surface area contributed by atoms with Crippen molar-refractivity contribution < 1.29 is 14.0 Å². The molecule has 2 fully saturated rings. The maximum absolute atomic E-state index is 12.4. The van der Waals surface area contributed by atoms with E-state index in [1.54, 1.807) is 24.3 Å². The highest BCUT2D eigenvalue weighted by atomic mass is 16.3. The number of fused-ring (bicyclic) bond motifs is 3. The number of furan rings is 1. The van der Waals surface area contributed by atoms with Crippen LogP contribution in [0.15, 0.2) is 28.7 Å². The predicted molar refractivity (Wildman–Crippen MR) is 77.4 cm³/mol. The van der Waals surface area contributed by atoms with Gasteiger partial charge < -0.3 is 14.6 Å². The van der Waals surface area contributed by atoms with Crippen molar-refractivity contribution in [2.75, 3.05) is 19.6 Å². The quantitative estimate of drug-likeness (QED) is 0.871. The molecule has 2 bridgehead atoms. The van der Waals surface area contributed by atoms with Gasteiger partial charge in [-0.1, -0.05) is 0 Å². The monoisotopic (exact) mass is 284 g/mol. The van der Waals surface area contributed by atoms with Crippen LogP contribution in [0, 0.1) is 5.92 Å². The summed E-state index contributed by atoms with van der Waals surface area (Å²) >= 11 is 0. The molecule has 1 aromatic carbocycles. The fourth-order valence-electron chi connectivity index (χ4n) is 3.46. The normalized spacial score (nSPS) is 27.1. The lowest BCUT2D eigenvalue weighted by Crippen LogP contribution is -2.43. The molecule has 2 aliphatic heterocycles. The number of hydrogen-bond acceptors (Lipinski definition) is 4. The van der Waals surface area contributed by atoms with E-state index in [9.17, 15) is 9.59 Å². The van der Waals surface area contributed by atoms with Crippen LogP contribution in [-0.4, -0.2) is 42.8 Å². The number of amides is 1. The molecule has 3 atom stereocenters. The van der Waals surface area contributed by atoms with E-state index < -0.39 is 0 Å².